The predicted octanol–water partition coefficient (Wildman–Crippen LogP) is 2.11. The molecule has 1 aromatic heterocycles. The zero-order chi connectivity index (χ0) is 14.7. The zero-order valence-corrected chi connectivity index (χ0v) is 11.7. The molecular weight excluding hydrogens is 268 g/mol. The molecule has 2 heterocycles. The number of non-ortho nitro benzene ring substituents is 1. The highest BCUT2D eigenvalue weighted by atomic mass is 16.6. The van der Waals surface area contributed by atoms with E-state index in [1.165, 1.54) is 5.69 Å². The summed E-state index contributed by atoms with van der Waals surface area (Å²) in [6, 6.07) is 6.77. The smallest absolute Gasteiger partial charge is 0.269 e. The molecule has 1 aromatic carbocycles. The number of rotatable bonds is 5. The van der Waals surface area contributed by atoms with E-state index in [2.05, 4.69) is 14.9 Å². The van der Waals surface area contributed by atoms with E-state index in [0.29, 0.717) is 5.92 Å². The van der Waals surface area contributed by atoms with Crippen LogP contribution in [0.15, 0.2) is 36.8 Å². The molecule has 1 unspecified atom stereocenters. The molecule has 1 atom stereocenters. The van der Waals surface area contributed by atoms with Crippen LogP contribution in [0.3, 0.4) is 0 Å². The van der Waals surface area contributed by atoms with E-state index in [4.69, 9.17) is 0 Å². The van der Waals surface area contributed by atoms with Crippen LogP contribution >= 0.6 is 0 Å². The van der Waals surface area contributed by atoms with E-state index < -0.39 is 0 Å². The van der Waals surface area contributed by atoms with Gasteiger partial charge in [0.25, 0.3) is 5.69 Å². The lowest BCUT2D eigenvalue weighted by Gasteiger charge is -2.12. The Hall–Kier alpha value is -2.21. The largest absolute Gasteiger partial charge is 0.334 e. The molecule has 110 valence electrons. The van der Waals surface area contributed by atoms with Crippen molar-refractivity contribution < 1.29 is 4.92 Å². The molecule has 0 aliphatic carbocycles. The van der Waals surface area contributed by atoms with Gasteiger partial charge in [-0.25, -0.2) is 4.98 Å². The third-order valence-corrected chi connectivity index (χ3v) is 4.01. The van der Waals surface area contributed by atoms with Crippen molar-refractivity contribution in [2.75, 3.05) is 13.1 Å². The first kappa shape index (κ1) is 13.8. The molecule has 21 heavy (non-hydrogen) atoms. The number of nitrogens with zero attached hydrogens (tertiary/aromatic N) is 3. The van der Waals surface area contributed by atoms with Crippen LogP contribution < -0.4 is 5.32 Å². The summed E-state index contributed by atoms with van der Waals surface area (Å²) in [7, 11) is 0. The number of aromatic nitrogens is 2. The van der Waals surface area contributed by atoms with Gasteiger partial charge in [-0.3, -0.25) is 10.1 Å². The summed E-state index contributed by atoms with van der Waals surface area (Å²) in [6.45, 7) is 2.94. The maximum Gasteiger partial charge on any atom is 0.269 e. The Kier molecular flexibility index (Phi) is 3.96. The molecule has 0 amide bonds. The number of nitrogens with one attached hydrogen (secondary N) is 1. The highest BCUT2D eigenvalue weighted by Crippen LogP contribution is 2.22. The third-order valence-electron chi connectivity index (χ3n) is 4.01. The van der Waals surface area contributed by atoms with Gasteiger partial charge in [0.05, 0.1) is 11.3 Å². The number of hydrogen-bond donors (Lipinski definition) is 1. The van der Waals surface area contributed by atoms with Crippen molar-refractivity contribution in [1.29, 1.82) is 0 Å². The second-order valence-corrected chi connectivity index (χ2v) is 5.38. The number of benzene rings is 1. The molecule has 1 N–H and O–H groups in total. The normalized spacial score (nSPS) is 18.0. The van der Waals surface area contributed by atoms with E-state index >= 15 is 0 Å². The summed E-state index contributed by atoms with van der Waals surface area (Å²) in [5.41, 5.74) is 2.52. The Morgan fingerprint density at radius 2 is 2.19 bits per heavy atom. The fourth-order valence-corrected chi connectivity index (χ4v) is 2.80. The first-order valence-corrected chi connectivity index (χ1v) is 7.18. The minimum absolute atomic E-state index is 0.138. The maximum absolute atomic E-state index is 10.6. The summed E-state index contributed by atoms with van der Waals surface area (Å²) >= 11 is 0. The van der Waals surface area contributed by atoms with Crippen molar-refractivity contribution in [2.45, 2.75) is 25.3 Å². The van der Waals surface area contributed by atoms with Gasteiger partial charge < -0.3 is 9.88 Å². The summed E-state index contributed by atoms with van der Waals surface area (Å²) < 4.78 is 2.19. The van der Waals surface area contributed by atoms with E-state index in [1.807, 2.05) is 24.7 Å². The van der Waals surface area contributed by atoms with Crippen LogP contribution in [0.2, 0.25) is 0 Å². The number of nitro benzene ring substituents is 1. The van der Waals surface area contributed by atoms with Crippen molar-refractivity contribution in [3.05, 3.63) is 58.2 Å². The molecule has 1 fully saturated rings. The Labute approximate surface area is 123 Å². The van der Waals surface area contributed by atoms with Crippen LogP contribution in [-0.2, 0) is 13.0 Å². The monoisotopic (exact) mass is 286 g/mol. The highest BCUT2D eigenvalue weighted by Gasteiger charge is 2.19. The first-order chi connectivity index (χ1) is 10.2. The Bertz CT molecular complexity index is 615. The van der Waals surface area contributed by atoms with Crippen LogP contribution in [-0.4, -0.2) is 27.6 Å². The third kappa shape index (κ3) is 3.11. The van der Waals surface area contributed by atoms with Crippen molar-refractivity contribution in [1.82, 2.24) is 14.9 Å². The first-order valence-electron chi connectivity index (χ1n) is 7.18. The standard InChI is InChI=1S/C15H18N4O2/c20-19(21)14-3-1-12(2-4-14)6-8-18-11-17-10-15(18)13-5-7-16-9-13/h1-4,10-11,13,16H,5-9H2. The summed E-state index contributed by atoms with van der Waals surface area (Å²) in [6.07, 6.45) is 5.83. The Morgan fingerprint density at radius 1 is 1.38 bits per heavy atom. The minimum atomic E-state index is -0.370. The average molecular weight is 286 g/mol. The lowest BCUT2D eigenvalue weighted by molar-refractivity contribution is -0.384. The van der Waals surface area contributed by atoms with Crippen LogP contribution in [0.1, 0.15) is 23.6 Å². The lowest BCUT2D eigenvalue weighted by Crippen LogP contribution is -2.12. The molecule has 2 aromatic rings. The van der Waals surface area contributed by atoms with Gasteiger partial charge in [0.1, 0.15) is 0 Å². The average Bonchev–Trinajstić information content (AvgIpc) is 3.16. The predicted molar refractivity (Wildman–Crippen MR) is 79.3 cm³/mol. The molecule has 0 spiro atoms. The molecule has 3 rings (SSSR count). The van der Waals surface area contributed by atoms with Crippen molar-refractivity contribution >= 4 is 5.69 Å². The number of aryl methyl sites for hydroxylation is 2. The number of nitro groups is 1. The van der Waals surface area contributed by atoms with Crippen molar-refractivity contribution in [2.24, 2.45) is 0 Å². The quantitative estimate of drug-likeness (QED) is 0.675. The van der Waals surface area contributed by atoms with Crippen LogP contribution in [0, 0.1) is 10.1 Å². The van der Waals surface area contributed by atoms with Gasteiger partial charge in [-0.1, -0.05) is 12.1 Å². The molecule has 1 saturated heterocycles. The van der Waals surface area contributed by atoms with Gasteiger partial charge in [0.15, 0.2) is 0 Å². The maximum atomic E-state index is 10.6. The van der Waals surface area contributed by atoms with E-state index in [-0.39, 0.29) is 10.6 Å². The fourth-order valence-electron chi connectivity index (χ4n) is 2.80. The fraction of sp³-hybridized carbons (Fsp3) is 0.400. The summed E-state index contributed by atoms with van der Waals surface area (Å²) in [5.74, 6) is 0.546. The van der Waals surface area contributed by atoms with Gasteiger partial charge in [0.2, 0.25) is 0 Å². The van der Waals surface area contributed by atoms with E-state index in [0.717, 1.165) is 38.0 Å². The second kappa shape index (κ2) is 6.05. The van der Waals surface area contributed by atoms with Crippen LogP contribution in [0.4, 0.5) is 5.69 Å². The van der Waals surface area contributed by atoms with Crippen LogP contribution in [0.5, 0.6) is 0 Å². The molecule has 0 radical (unpaired) electrons. The molecule has 0 bridgehead atoms. The molecule has 1 aliphatic heterocycles. The van der Waals surface area contributed by atoms with Crippen molar-refractivity contribution in [3.8, 4) is 0 Å². The molecule has 1 aliphatic rings. The van der Waals surface area contributed by atoms with Gasteiger partial charge in [0, 0.05) is 43.0 Å². The molecule has 6 nitrogen and oxygen atoms in total. The zero-order valence-electron chi connectivity index (χ0n) is 11.7. The van der Waals surface area contributed by atoms with Crippen molar-refractivity contribution in [3.63, 3.8) is 0 Å². The Balaban J connectivity index is 1.65. The molecule has 6 heteroatoms. The second-order valence-electron chi connectivity index (χ2n) is 5.38. The highest BCUT2D eigenvalue weighted by molar-refractivity contribution is 5.32. The van der Waals surface area contributed by atoms with E-state index in [9.17, 15) is 10.1 Å². The van der Waals surface area contributed by atoms with Gasteiger partial charge in [-0.2, -0.15) is 0 Å². The van der Waals surface area contributed by atoms with Gasteiger partial charge in [-0.15, -0.1) is 0 Å². The number of imidazole rings is 1. The molecular formula is C15H18N4O2. The minimum Gasteiger partial charge on any atom is -0.334 e. The topological polar surface area (TPSA) is 73.0 Å². The SMILES string of the molecule is O=[N+]([O-])c1ccc(CCn2cncc2C2CCNC2)cc1. The summed E-state index contributed by atoms with van der Waals surface area (Å²) in [4.78, 5) is 14.5. The van der Waals surface area contributed by atoms with Crippen LogP contribution in [0.25, 0.3) is 0 Å². The van der Waals surface area contributed by atoms with Gasteiger partial charge >= 0.3 is 0 Å². The van der Waals surface area contributed by atoms with E-state index in [1.54, 1.807) is 12.1 Å². The Morgan fingerprint density at radius 3 is 2.86 bits per heavy atom. The lowest BCUT2D eigenvalue weighted by atomic mass is 10.1. The molecule has 0 saturated carbocycles. The summed E-state index contributed by atoms with van der Waals surface area (Å²) in [5, 5.41) is 14.0. The van der Waals surface area contributed by atoms with Gasteiger partial charge in [-0.05, 0) is 24.9 Å². The number of hydrogen-bond acceptors (Lipinski definition) is 4.